The van der Waals surface area contributed by atoms with Crippen molar-refractivity contribution in [1.82, 2.24) is 0 Å². The second-order valence-electron chi connectivity index (χ2n) is 6.00. The van der Waals surface area contributed by atoms with Gasteiger partial charge >= 0.3 is 0 Å². The number of nitrogens with zero attached hydrogens (tertiary/aromatic N) is 1. The van der Waals surface area contributed by atoms with Gasteiger partial charge in [-0.05, 0) is 44.2 Å². The number of carbonyl (C=O) groups is 2. The van der Waals surface area contributed by atoms with Crippen molar-refractivity contribution < 1.29 is 14.3 Å². The van der Waals surface area contributed by atoms with Crippen LogP contribution in [0.3, 0.4) is 0 Å². The number of amides is 2. The normalized spacial score (nSPS) is 24.6. The van der Waals surface area contributed by atoms with Gasteiger partial charge < -0.3 is 10.1 Å². The predicted octanol–water partition coefficient (Wildman–Crippen LogP) is 3.36. The summed E-state index contributed by atoms with van der Waals surface area (Å²) in [4.78, 5) is 26.4. The Kier molecular flexibility index (Phi) is 3.72. The highest BCUT2D eigenvalue weighted by Gasteiger charge is 2.60. The topological polar surface area (TPSA) is 58.6 Å². The van der Waals surface area contributed by atoms with E-state index in [1.54, 1.807) is 4.90 Å². The lowest BCUT2D eigenvalue weighted by molar-refractivity contribution is -0.122. The van der Waals surface area contributed by atoms with E-state index in [0.717, 1.165) is 17.0 Å². The van der Waals surface area contributed by atoms with Gasteiger partial charge in [-0.2, -0.15) is 0 Å². The van der Waals surface area contributed by atoms with E-state index in [4.69, 9.17) is 4.74 Å². The van der Waals surface area contributed by atoms with Crippen LogP contribution >= 0.6 is 11.8 Å². The molecule has 2 aromatic rings. The molecule has 0 radical (unpaired) electrons. The molecule has 2 aliphatic heterocycles. The lowest BCUT2D eigenvalue weighted by atomic mass is 10.0. The maximum atomic E-state index is 12.9. The fourth-order valence-corrected chi connectivity index (χ4v) is 4.90. The van der Waals surface area contributed by atoms with Crippen LogP contribution < -0.4 is 15.0 Å². The van der Waals surface area contributed by atoms with Crippen LogP contribution in [0.15, 0.2) is 48.5 Å². The molecule has 2 amide bonds. The zero-order valence-electron chi connectivity index (χ0n) is 14.0. The second-order valence-corrected chi connectivity index (χ2v) is 7.54. The minimum absolute atomic E-state index is 0.0685. The number of carbonyl (C=O) groups excluding carboxylic acids is 2. The van der Waals surface area contributed by atoms with Crippen molar-refractivity contribution in [3.63, 3.8) is 0 Å². The molecular formula is C19H18N2O3S. The van der Waals surface area contributed by atoms with Gasteiger partial charge in [0.15, 0.2) is 0 Å². The van der Waals surface area contributed by atoms with Crippen molar-refractivity contribution in [2.24, 2.45) is 0 Å². The molecule has 0 aliphatic carbocycles. The van der Waals surface area contributed by atoms with Gasteiger partial charge in [0.25, 0.3) is 5.91 Å². The van der Waals surface area contributed by atoms with Crippen LogP contribution in [0.2, 0.25) is 0 Å². The highest BCUT2D eigenvalue weighted by Crippen LogP contribution is 2.55. The summed E-state index contributed by atoms with van der Waals surface area (Å²) in [5.41, 5.74) is 2.28. The number of thioether (sulfide) groups is 1. The van der Waals surface area contributed by atoms with Crippen LogP contribution in [0.1, 0.15) is 19.4 Å². The summed E-state index contributed by atoms with van der Waals surface area (Å²) < 4.78 is 5.48. The molecule has 1 N–H and O–H groups in total. The highest BCUT2D eigenvalue weighted by atomic mass is 32.2. The fraction of sp³-hybridized carbons (Fsp3) is 0.263. The van der Waals surface area contributed by atoms with E-state index in [1.165, 1.54) is 11.8 Å². The summed E-state index contributed by atoms with van der Waals surface area (Å²) in [5, 5.41) is 2.62. The molecule has 0 unspecified atom stereocenters. The summed E-state index contributed by atoms with van der Waals surface area (Å²) in [5.74, 6) is 0.496. The number of ether oxygens (including phenoxy) is 1. The molecule has 2 atom stereocenters. The largest absolute Gasteiger partial charge is 0.494 e. The van der Waals surface area contributed by atoms with Gasteiger partial charge in [0, 0.05) is 16.9 Å². The van der Waals surface area contributed by atoms with Gasteiger partial charge in [-0.3, -0.25) is 14.5 Å². The minimum Gasteiger partial charge on any atom is -0.494 e. The maximum Gasteiger partial charge on any atom is 0.266 e. The number of fused-ring (bicyclic) bond motifs is 2. The molecule has 0 bridgehead atoms. The van der Waals surface area contributed by atoms with E-state index >= 15 is 0 Å². The molecule has 2 heterocycles. The number of benzene rings is 2. The zero-order valence-corrected chi connectivity index (χ0v) is 14.8. The lowest BCUT2D eigenvalue weighted by Crippen LogP contribution is -2.47. The molecule has 2 aromatic carbocycles. The average Bonchev–Trinajstić information content (AvgIpc) is 3.04. The molecule has 25 heavy (non-hydrogen) atoms. The van der Waals surface area contributed by atoms with Crippen molar-refractivity contribution in [1.29, 1.82) is 0 Å². The van der Waals surface area contributed by atoms with Crippen molar-refractivity contribution in [2.75, 3.05) is 16.8 Å². The van der Waals surface area contributed by atoms with Gasteiger partial charge in [0.05, 0.1) is 11.9 Å². The standard InChI is InChI=1S/C19H18N2O3S/c1-3-24-14-10-8-13(9-11-14)21-17(22)12(2)25-19(21)15-6-4-5-7-16(15)20-18(19)23/h4-12H,3H2,1-2H3,(H,20,23)/t12-,19+/m0/s1. The lowest BCUT2D eigenvalue weighted by Gasteiger charge is -2.32. The first-order valence-electron chi connectivity index (χ1n) is 8.23. The van der Waals surface area contributed by atoms with E-state index in [-0.39, 0.29) is 17.1 Å². The average molecular weight is 354 g/mol. The molecule has 4 rings (SSSR count). The van der Waals surface area contributed by atoms with Crippen molar-refractivity contribution in [2.45, 2.75) is 24.0 Å². The Hall–Kier alpha value is -2.47. The van der Waals surface area contributed by atoms with E-state index in [1.807, 2.05) is 62.4 Å². The third-order valence-electron chi connectivity index (χ3n) is 4.48. The number of para-hydroxylation sites is 1. The molecule has 2 aliphatic rings. The summed E-state index contributed by atoms with van der Waals surface area (Å²) >= 11 is 1.38. The summed E-state index contributed by atoms with van der Waals surface area (Å²) in [6.45, 7) is 4.34. The van der Waals surface area contributed by atoms with Crippen LogP contribution in [0.25, 0.3) is 0 Å². The molecule has 1 saturated heterocycles. The van der Waals surface area contributed by atoms with E-state index in [2.05, 4.69) is 5.32 Å². The summed E-state index contributed by atoms with van der Waals surface area (Å²) in [6.07, 6.45) is 0. The van der Waals surface area contributed by atoms with Crippen molar-refractivity contribution in [3.05, 3.63) is 54.1 Å². The van der Waals surface area contributed by atoms with Gasteiger partial charge in [-0.25, -0.2) is 0 Å². The third kappa shape index (κ3) is 2.24. The fourth-order valence-electron chi connectivity index (χ4n) is 3.42. The number of nitrogens with one attached hydrogen (secondary N) is 1. The number of rotatable bonds is 3. The van der Waals surface area contributed by atoms with Gasteiger partial charge in [-0.1, -0.05) is 18.2 Å². The predicted molar refractivity (Wildman–Crippen MR) is 98.9 cm³/mol. The van der Waals surface area contributed by atoms with Crippen LogP contribution in [0.4, 0.5) is 11.4 Å². The van der Waals surface area contributed by atoms with Crippen LogP contribution in [0.5, 0.6) is 5.75 Å². The molecule has 1 spiro atoms. The molecule has 6 heteroatoms. The molecule has 0 saturated carbocycles. The number of hydrogen-bond donors (Lipinski definition) is 1. The number of anilines is 2. The molecule has 128 valence electrons. The van der Waals surface area contributed by atoms with E-state index in [0.29, 0.717) is 12.3 Å². The summed E-state index contributed by atoms with van der Waals surface area (Å²) in [7, 11) is 0. The van der Waals surface area contributed by atoms with Gasteiger partial charge in [0.2, 0.25) is 10.8 Å². The Bertz CT molecular complexity index is 852. The third-order valence-corrected chi connectivity index (χ3v) is 5.97. The van der Waals surface area contributed by atoms with Crippen molar-refractivity contribution in [3.8, 4) is 5.75 Å². The first kappa shape index (κ1) is 16.0. The Morgan fingerprint density at radius 3 is 2.60 bits per heavy atom. The Morgan fingerprint density at radius 2 is 1.88 bits per heavy atom. The molecule has 5 nitrogen and oxygen atoms in total. The van der Waals surface area contributed by atoms with Gasteiger partial charge in [-0.15, -0.1) is 11.8 Å². The SMILES string of the molecule is CCOc1ccc(N2C(=O)[C@H](C)S[C@]23C(=O)Nc2ccccc23)cc1. The zero-order chi connectivity index (χ0) is 17.6. The Balaban J connectivity index is 1.84. The van der Waals surface area contributed by atoms with Crippen LogP contribution in [-0.2, 0) is 14.5 Å². The molecule has 1 fully saturated rings. The summed E-state index contributed by atoms with van der Waals surface area (Å²) in [6, 6.07) is 14.9. The van der Waals surface area contributed by atoms with Crippen LogP contribution in [0, 0.1) is 0 Å². The van der Waals surface area contributed by atoms with E-state index in [9.17, 15) is 9.59 Å². The second kappa shape index (κ2) is 5.81. The molecular weight excluding hydrogens is 336 g/mol. The Morgan fingerprint density at radius 1 is 1.16 bits per heavy atom. The van der Waals surface area contributed by atoms with Crippen molar-refractivity contribution >= 4 is 35.0 Å². The minimum atomic E-state index is -1.06. The highest BCUT2D eigenvalue weighted by molar-refractivity contribution is 8.03. The van der Waals surface area contributed by atoms with E-state index < -0.39 is 4.87 Å². The smallest absolute Gasteiger partial charge is 0.266 e. The molecule has 0 aromatic heterocycles. The van der Waals surface area contributed by atoms with Gasteiger partial charge in [0.1, 0.15) is 5.75 Å². The Labute approximate surface area is 150 Å². The first-order valence-corrected chi connectivity index (χ1v) is 9.11. The van der Waals surface area contributed by atoms with Crippen LogP contribution in [-0.4, -0.2) is 23.7 Å². The quantitative estimate of drug-likeness (QED) is 0.918. The number of hydrogen-bond acceptors (Lipinski definition) is 4. The maximum absolute atomic E-state index is 12.9. The monoisotopic (exact) mass is 354 g/mol. The first-order chi connectivity index (χ1) is 12.1.